The zero-order valence-electron chi connectivity index (χ0n) is 5.92. The summed E-state index contributed by atoms with van der Waals surface area (Å²) in [6, 6.07) is 0. The minimum absolute atomic E-state index is 0.339. The average Bonchev–Trinajstić information content (AvgIpc) is 1.88. The van der Waals surface area contributed by atoms with Crippen molar-refractivity contribution in [1.82, 2.24) is 0 Å². The van der Waals surface area contributed by atoms with Gasteiger partial charge in [-0.25, -0.2) is 0 Å². The van der Waals surface area contributed by atoms with Gasteiger partial charge in [-0.05, 0) is 19.8 Å². The molecule has 0 aromatic heterocycles. The molecule has 0 saturated carbocycles. The zero-order chi connectivity index (χ0) is 7.56. The first kappa shape index (κ1) is 6.99. The first-order valence-corrected chi connectivity index (χ1v) is 3.24. The molecule has 1 heterocycles. The predicted octanol–water partition coefficient (Wildman–Crippen LogP) is 0.610. The fraction of sp³-hybridized carbons (Fsp3) is 0.429. The molecule has 0 aromatic carbocycles. The van der Waals surface area contributed by atoms with E-state index in [0.29, 0.717) is 5.57 Å². The number of hydrogen-bond donors (Lipinski definition) is 1. The minimum atomic E-state index is -0.339. The maximum atomic E-state index is 10.7. The van der Waals surface area contributed by atoms with Gasteiger partial charge < -0.3 is 5.73 Å². The lowest BCUT2D eigenvalue weighted by Gasteiger charge is -2.07. The van der Waals surface area contributed by atoms with Gasteiger partial charge in [-0.3, -0.25) is 9.79 Å². The molecule has 0 atom stereocenters. The van der Waals surface area contributed by atoms with E-state index in [2.05, 4.69) is 4.99 Å². The molecule has 0 spiro atoms. The van der Waals surface area contributed by atoms with E-state index in [-0.39, 0.29) is 5.91 Å². The summed E-state index contributed by atoms with van der Waals surface area (Å²) in [6.45, 7) is 1.80. The van der Waals surface area contributed by atoms with E-state index >= 15 is 0 Å². The standard InChI is InChI=1S/C7H10N2O/c1-5-6(7(8)10)3-2-4-9-5/h4H,2-3H2,1H3,(H2,8,10). The van der Waals surface area contributed by atoms with Gasteiger partial charge in [0.05, 0.1) is 0 Å². The van der Waals surface area contributed by atoms with Gasteiger partial charge in [-0.15, -0.1) is 0 Å². The number of carbonyl (C=O) groups is 1. The molecule has 0 saturated heterocycles. The van der Waals surface area contributed by atoms with E-state index in [0.717, 1.165) is 18.5 Å². The fourth-order valence-corrected chi connectivity index (χ4v) is 0.971. The molecular weight excluding hydrogens is 128 g/mol. The Balaban J connectivity index is 2.89. The summed E-state index contributed by atoms with van der Waals surface area (Å²) in [5.41, 5.74) is 6.52. The van der Waals surface area contributed by atoms with Gasteiger partial charge in [0.1, 0.15) is 0 Å². The summed E-state index contributed by atoms with van der Waals surface area (Å²) in [6.07, 6.45) is 3.38. The summed E-state index contributed by atoms with van der Waals surface area (Å²) in [5.74, 6) is -0.339. The molecule has 10 heavy (non-hydrogen) atoms. The van der Waals surface area contributed by atoms with Crippen molar-refractivity contribution in [2.45, 2.75) is 19.8 Å². The average molecular weight is 138 g/mol. The van der Waals surface area contributed by atoms with Crippen LogP contribution in [-0.2, 0) is 4.79 Å². The van der Waals surface area contributed by atoms with Crippen LogP contribution in [0.2, 0.25) is 0 Å². The molecule has 2 N–H and O–H groups in total. The van der Waals surface area contributed by atoms with Crippen LogP contribution in [0.25, 0.3) is 0 Å². The monoisotopic (exact) mass is 138 g/mol. The number of allylic oxidation sites excluding steroid dienone is 1. The van der Waals surface area contributed by atoms with E-state index in [1.807, 2.05) is 6.21 Å². The van der Waals surface area contributed by atoms with E-state index in [4.69, 9.17) is 5.73 Å². The first-order valence-electron chi connectivity index (χ1n) is 3.24. The number of hydrogen-bond acceptors (Lipinski definition) is 2. The van der Waals surface area contributed by atoms with Crippen molar-refractivity contribution in [1.29, 1.82) is 0 Å². The molecule has 0 unspecified atom stereocenters. The lowest BCUT2D eigenvalue weighted by Crippen LogP contribution is -2.16. The molecule has 54 valence electrons. The summed E-state index contributed by atoms with van der Waals surface area (Å²) in [4.78, 5) is 14.6. The Bertz CT molecular complexity index is 216. The smallest absolute Gasteiger partial charge is 0.246 e. The topological polar surface area (TPSA) is 55.5 Å². The third kappa shape index (κ3) is 1.23. The number of primary amides is 1. The van der Waals surface area contributed by atoms with Gasteiger partial charge in [0.15, 0.2) is 0 Å². The van der Waals surface area contributed by atoms with Crippen molar-refractivity contribution in [3.63, 3.8) is 0 Å². The Morgan fingerprint density at radius 2 is 2.50 bits per heavy atom. The molecule has 0 bridgehead atoms. The van der Waals surface area contributed by atoms with Crippen LogP contribution in [-0.4, -0.2) is 12.1 Å². The van der Waals surface area contributed by atoms with E-state index in [9.17, 15) is 4.79 Å². The molecule has 3 heteroatoms. The van der Waals surface area contributed by atoms with Crippen LogP contribution in [0, 0.1) is 0 Å². The van der Waals surface area contributed by atoms with Gasteiger partial charge in [-0.2, -0.15) is 0 Å². The highest BCUT2D eigenvalue weighted by atomic mass is 16.1. The number of carbonyl (C=O) groups excluding carboxylic acids is 1. The molecule has 3 nitrogen and oxygen atoms in total. The number of aliphatic imine (C=N–C) groups is 1. The predicted molar refractivity (Wildman–Crippen MR) is 39.6 cm³/mol. The highest BCUT2D eigenvalue weighted by molar-refractivity contribution is 5.93. The lowest BCUT2D eigenvalue weighted by atomic mass is 10.1. The van der Waals surface area contributed by atoms with Gasteiger partial charge in [-0.1, -0.05) is 0 Å². The second-order valence-electron chi connectivity index (χ2n) is 2.28. The summed E-state index contributed by atoms with van der Waals surface area (Å²) >= 11 is 0. The Labute approximate surface area is 59.6 Å². The maximum Gasteiger partial charge on any atom is 0.246 e. The van der Waals surface area contributed by atoms with Crippen molar-refractivity contribution in [3.05, 3.63) is 11.3 Å². The van der Waals surface area contributed by atoms with Crippen molar-refractivity contribution in [2.75, 3.05) is 0 Å². The van der Waals surface area contributed by atoms with Gasteiger partial charge in [0.2, 0.25) is 5.91 Å². The van der Waals surface area contributed by atoms with Gasteiger partial charge in [0, 0.05) is 17.5 Å². The lowest BCUT2D eigenvalue weighted by molar-refractivity contribution is -0.114. The van der Waals surface area contributed by atoms with E-state index < -0.39 is 0 Å². The third-order valence-corrected chi connectivity index (χ3v) is 1.54. The molecule has 0 aromatic rings. The second kappa shape index (κ2) is 2.64. The van der Waals surface area contributed by atoms with Crippen LogP contribution in [0.1, 0.15) is 19.8 Å². The molecular formula is C7H10N2O. The van der Waals surface area contributed by atoms with Gasteiger partial charge in [0.25, 0.3) is 0 Å². The van der Waals surface area contributed by atoms with Crippen molar-refractivity contribution < 1.29 is 4.79 Å². The zero-order valence-corrected chi connectivity index (χ0v) is 5.92. The van der Waals surface area contributed by atoms with Crippen LogP contribution in [0.5, 0.6) is 0 Å². The first-order chi connectivity index (χ1) is 4.72. The Hall–Kier alpha value is -1.12. The molecule has 0 fully saturated rings. The van der Waals surface area contributed by atoms with Gasteiger partial charge >= 0.3 is 0 Å². The number of nitrogens with two attached hydrogens (primary N) is 1. The van der Waals surface area contributed by atoms with E-state index in [1.54, 1.807) is 6.92 Å². The van der Waals surface area contributed by atoms with E-state index in [1.165, 1.54) is 0 Å². The SMILES string of the molecule is CC1=C(C(N)=O)CCC=N1. The molecule has 0 aliphatic carbocycles. The molecule has 1 aliphatic heterocycles. The highest BCUT2D eigenvalue weighted by Crippen LogP contribution is 2.14. The Kier molecular flexibility index (Phi) is 1.85. The summed E-state index contributed by atoms with van der Waals surface area (Å²) < 4.78 is 0. The summed E-state index contributed by atoms with van der Waals surface area (Å²) in [5, 5.41) is 0. The quantitative estimate of drug-likeness (QED) is 0.567. The van der Waals surface area contributed by atoms with Crippen molar-refractivity contribution >= 4 is 12.1 Å². The third-order valence-electron chi connectivity index (χ3n) is 1.54. The molecule has 1 rings (SSSR count). The van der Waals surface area contributed by atoms with Crippen LogP contribution in [0.4, 0.5) is 0 Å². The van der Waals surface area contributed by atoms with Crippen LogP contribution < -0.4 is 5.73 Å². The fourth-order valence-electron chi connectivity index (χ4n) is 0.971. The minimum Gasteiger partial charge on any atom is -0.366 e. The Morgan fingerprint density at radius 1 is 1.80 bits per heavy atom. The second-order valence-corrected chi connectivity index (χ2v) is 2.28. The van der Waals surface area contributed by atoms with Crippen molar-refractivity contribution in [3.8, 4) is 0 Å². The number of rotatable bonds is 1. The van der Waals surface area contributed by atoms with Crippen LogP contribution in [0.3, 0.4) is 0 Å². The maximum absolute atomic E-state index is 10.7. The van der Waals surface area contributed by atoms with Crippen molar-refractivity contribution in [2.24, 2.45) is 10.7 Å². The van der Waals surface area contributed by atoms with Crippen LogP contribution >= 0.6 is 0 Å². The highest BCUT2D eigenvalue weighted by Gasteiger charge is 2.10. The Morgan fingerprint density at radius 3 is 2.90 bits per heavy atom. The normalized spacial score (nSPS) is 17.7. The number of nitrogens with zero attached hydrogens (tertiary/aromatic N) is 1. The number of amides is 1. The molecule has 1 aliphatic rings. The van der Waals surface area contributed by atoms with Crippen LogP contribution in [0.15, 0.2) is 16.3 Å². The largest absolute Gasteiger partial charge is 0.366 e. The molecule has 1 amide bonds. The molecule has 0 radical (unpaired) electrons. The summed E-state index contributed by atoms with van der Waals surface area (Å²) in [7, 11) is 0.